The van der Waals surface area contributed by atoms with Crippen LogP contribution in [0.2, 0.25) is 0 Å². The first-order valence-electron chi connectivity index (χ1n) is 8.56. The van der Waals surface area contributed by atoms with Crippen LogP contribution >= 0.6 is 0 Å². The van der Waals surface area contributed by atoms with Gasteiger partial charge in [0.1, 0.15) is 0 Å². The average molecular weight is 264 g/mol. The third kappa shape index (κ3) is 3.16. The fraction of sp³-hybridized carbons (Fsp3) is 1.00. The standard InChI is InChI=1S/C9H17N.C8H15N/c1-7-5-8-3-4-9(6-7)10(8)2;1-7-4-8-2-3-9(5-7)6-8/h7-9H,3-6H2,1-2H3;7-8H,2-6H2,1H3. The molecule has 0 aromatic heterocycles. The third-order valence-electron chi connectivity index (χ3n) is 6.01. The summed E-state index contributed by atoms with van der Waals surface area (Å²) in [5.74, 6) is 3.04. The molecule has 0 saturated carbocycles. The van der Waals surface area contributed by atoms with Gasteiger partial charge in [0.05, 0.1) is 0 Å². The Morgan fingerprint density at radius 1 is 0.789 bits per heavy atom. The van der Waals surface area contributed by atoms with E-state index in [9.17, 15) is 0 Å². The molecule has 19 heavy (non-hydrogen) atoms. The van der Waals surface area contributed by atoms with Gasteiger partial charge in [-0.2, -0.15) is 0 Å². The first-order chi connectivity index (χ1) is 9.11. The molecule has 4 aliphatic heterocycles. The highest BCUT2D eigenvalue weighted by Crippen LogP contribution is 2.36. The highest BCUT2D eigenvalue weighted by Gasteiger charge is 2.36. The second kappa shape index (κ2) is 5.73. The molecule has 4 fully saturated rings. The molecule has 0 aromatic rings. The molecule has 2 nitrogen and oxygen atoms in total. The Hall–Kier alpha value is -0.0800. The van der Waals surface area contributed by atoms with Crippen LogP contribution in [0.25, 0.3) is 0 Å². The van der Waals surface area contributed by atoms with Crippen LogP contribution in [0.1, 0.15) is 52.4 Å². The summed E-state index contributed by atoms with van der Waals surface area (Å²) >= 11 is 0. The van der Waals surface area contributed by atoms with Crippen molar-refractivity contribution in [2.24, 2.45) is 17.8 Å². The molecule has 2 heteroatoms. The van der Waals surface area contributed by atoms with Gasteiger partial charge in [0, 0.05) is 25.2 Å². The summed E-state index contributed by atoms with van der Waals surface area (Å²) in [5.41, 5.74) is 0. The van der Waals surface area contributed by atoms with Gasteiger partial charge in [0.2, 0.25) is 0 Å². The smallest absolute Gasteiger partial charge is 0.00982 e. The summed E-state index contributed by atoms with van der Waals surface area (Å²) < 4.78 is 0. The van der Waals surface area contributed by atoms with Gasteiger partial charge >= 0.3 is 0 Å². The van der Waals surface area contributed by atoms with E-state index in [1.54, 1.807) is 0 Å². The maximum Gasteiger partial charge on any atom is 0.00982 e. The Morgan fingerprint density at radius 3 is 2.11 bits per heavy atom. The second-order valence-electron chi connectivity index (χ2n) is 7.88. The normalized spacial score (nSPS) is 48.8. The van der Waals surface area contributed by atoms with Gasteiger partial charge in [-0.25, -0.2) is 0 Å². The Labute approximate surface area is 119 Å². The van der Waals surface area contributed by atoms with Crippen LogP contribution in [0.5, 0.6) is 0 Å². The topological polar surface area (TPSA) is 6.48 Å². The van der Waals surface area contributed by atoms with Gasteiger partial charge in [-0.05, 0) is 69.9 Å². The number of fused-ring (bicyclic) bond motifs is 4. The van der Waals surface area contributed by atoms with Crippen molar-refractivity contribution in [3.8, 4) is 0 Å². The lowest BCUT2D eigenvalue weighted by molar-refractivity contribution is 0.142. The van der Waals surface area contributed by atoms with Crippen molar-refractivity contribution < 1.29 is 0 Å². The highest BCUT2D eigenvalue weighted by molar-refractivity contribution is 4.91. The minimum Gasteiger partial charge on any atom is -0.303 e. The van der Waals surface area contributed by atoms with E-state index in [2.05, 4.69) is 30.7 Å². The van der Waals surface area contributed by atoms with E-state index >= 15 is 0 Å². The molecule has 4 heterocycles. The number of piperidine rings is 2. The van der Waals surface area contributed by atoms with Crippen LogP contribution < -0.4 is 0 Å². The van der Waals surface area contributed by atoms with Crippen molar-refractivity contribution in [2.45, 2.75) is 64.5 Å². The van der Waals surface area contributed by atoms with Crippen LogP contribution in [0.4, 0.5) is 0 Å². The molecule has 110 valence electrons. The van der Waals surface area contributed by atoms with E-state index in [0.717, 1.165) is 29.8 Å². The molecule has 4 rings (SSSR count). The number of hydrogen-bond acceptors (Lipinski definition) is 2. The molecule has 0 aliphatic carbocycles. The van der Waals surface area contributed by atoms with Crippen molar-refractivity contribution in [1.29, 1.82) is 0 Å². The van der Waals surface area contributed by atoms with Crippen LogP contribution in [0, 0.1) is 17.8 Å². The SMILES string of the molecule is CC1CC2CCC(C1)N2C.CC1CC2CCN(C1)C2. The third-order valence-corrected chi connectivity index (χ3v) is 6.01. The zero-order valence-corrected chi connectivity index (χ0v) is 13.1. The van der Waals surface area contributed by atoms with E-state index in [-0.39, 0.29) is 0 Å². The van der Waals surface area contributed by atoms with Gasteiger partial charge in [-0.1, -0.05) is 13.8 Å². The van der Waals surface area contributed by atoms with Crippen molar-refractivity contribution in [1.82, 2.24) is 9.80 Å². The Kier molecular flexibility index (Phi) is 4.19. The van der Waals surface area contributed by atoms with E-state index < -0.39 is 0 Å². The molecular formula is C17H32N2. The molecular weight excluding hydrogens is 232 g/mol. The van der Waals surface area contributed by atoms with E-state index in [4.69, 9.17) is 0 Å². The highest BCUT2D eigenvalue weighted by atomic mass is 15.2. The lowest BCUT2D eigenvalue weighted by atomic mass is 9.93. The van der Waals surface area contributed by atoms with Crippen LogP contribution in [-0.2, 0) is 0 Å². The maximum absolute atomic E-state index is 2.61. The lowest BCUT2D eigenvalue weighted by Gasteiger charge is -2.34. The summed E-state index contributed by atoms with van der Waals surface area (Å²) in [5, 5.41) is 0. The molecule has 4 aliphatic rings. The molecule has 0 spiro atoms. The van der Waals surface area contributed by atoms with Crippen LogP contribution in [0.15, 0.2) is 0 Å². The van der Waals surface area contributed by atoms with Gasteiger partial charge in [0.15, 0.2) is 0 Å². The monoisotopic (exact) mass is 264 g/mol. The zero-order valence-electron chi connectivity index (χ0n) is 13.1. The fourth-order valence-electron chi connectivity index (χ4n) is 5.04. The molecule has 0 N–H and O–H groups in total. The van der Waals surface area contributed by atoms with Crippen molar-refractivity contribution in [2.75, 3.05) is 26.7 Å². The predicted octanol–water partition coefficient (Wildman–Crippen LogP) is 3.23. The largest absolute Gasteiger partial charge is 0.303 e. The molecule has 5 atom stereocenters. The summed E-state index contributed by atoms with van der Waals surface area (Å²) in [6.07, 6.45) is 8.80. The van der Waals surface area contributed by atoms with Gasteiger partial charge in [0.25, 0.3) is 0 Å². The number of hydrogen-bond donors (Lipinski definition) is 0. The van der Waals surface area contributed by atoms with Crippen molar-refractivity contribution in [3.63, 3.8) is 0 Å². The summed E-state index contributed by atoms with van der Waals surface area (Å²) in [7, 11) is 2.30. The average Bonchev–Trinajstić information content (AvgIpc) is 2.79. The number of nitrogens with zero attached hydrogens (tertiary/aromatic N) is 2. The number of rotatable bonds is 0. The van der Waals surface area contributed by atoms with E-state index in [1.807, 2.05) is 0 Å². The molecule has 5 unspecified atom stereocenters. The van der Waals surface area contributed by atoms with E-state index in [1.165, 1.54) is 58.2 Å². The van der Waals surface area contributed by atoms with E-state index in [0.29, 0.717) is 0 Å². The maximum atomic E-state index is 2.61. The first kappa shape index (κ1) is 13.9. The van der Waals surface area contributed by atoms with Crippen molar-refractivity contribution in [3.05, 3.63) is 0 Å². The molecule has 0 aromatic carbocycles. The summed E-state index contributed by atoms with van der Waals surface area (Å²) in [6.45, 7) is 8.94. The fourth-order valence-corrected chi connectivity index (χ4v) is 5.04. The Morgan fingerprint density at radius 2 is 1.47 bits per heavy atom. The molecule has 4 saturated heterocycles. The lowest BCUT2D eigenvalue weighted by Crippen LogP contribution is -2.39. The van der Waals surface area contributed by atoms with Gasteiger partial charge < -0.3 is 9.80 Å². The molecule has 0 amide bonds. The summed E-state index contributed by atoms with van der Waals surface area (Å²) in [4.78, 5) is 5.21. The zero-order chi connectivity index (χ0) is 13.4. The van der Waals surface area contributed by atoms with Crippen LogP contribution in [0.3, 0.4) is 0 Å². The minimum absolute atomic E-state index is 0.939. The minimum atomic E-state index is 0.939. The Balaban J connectivity index is 0.000000117. The molecule has 4 bridgehead atoms. The van der Waals surface area contributed by atoms with Crippen molar-refractivity contribution >= 4 is 0 Å². The summed E-state index contributed by atoms with van der Waals surface area (Å²) in [6, 6.07) is 1.88. The van der Waals surface area contributed by atoms with Gasteiger partial charge in [-0.3, -0.25) is 0 Å². The predicted molar refractivity (Wildman–Crippen MR) is 81.3 cm³/mol. The second-order valence-corrected chi connectivity index (χ2v) is 7.88. The first-order valence-corrected chi connectivity index (χ1v) is 8.56. The van der Waals surface area contributed by atoms with Gasteiger partial charge in [-0.15, -0.1) is 0 Å². The molecule has 0 radical (unpaired) electrons. The van der Waals surface area contributed by atoms with Crippen LogP contribution in [-0.4, -0.2) is 48.6 Å². The Bertz CT molecular complexity index is 278. The quantitative estimate of drug-likeness (QED) is 0.663.